The highest BCUT2D eigenvalue weighted by atomic mass is 16.5. The highest BCUT2D eigenvalue weighted by Gasteiger charge is 2.46. The SMILES string of the molecule is CCc1ccc(NC(=O)CC2C(=O)N(c3cccc(C)c3)C(=O)N2Cc2ccc(OC)cc2)cc1. The first-order valence-corrected chi connectivity index (χ1v) is 11.6. The normalized spacial score (nSPS) is 15.5. The molecule has 4 rings (SSSR count). The number of hydrogen-bond donors (Lipinski definition) is 1. The molecule has 7 nitrogen and oxygen atoms in total. The van der Waals surface area contributed by atoms with Gasteiger partial charge in [0.15, 0.2) is 0 Å². The van der Waals surface area contributed by atoms with Gasteiger partial charge in [0.1, 0.15) is 11.8 Å². The number of anilines is 2. The number of urea groups is 1. The van der Waals surface area contributed by atoms with Gasteiger partial charge in [-0.2, -0.15) is 0 Å². The lowest BCUT2D eigenvalue weighted by Crippen LogP contribution is -2.37. The molecule has 1 aliphatic heterocycles. The van der Waals surface area contributed by atoms with Gasteiger partial charge in [0.25, 0.3) is 5.91 Å². The number of carbonyl (C=O) groups is 3. The highest BCUT2D eigenvalue weighted by molar-refractivity contribution is 6.22. The third-order valence-corrected chi connectivity index (χ3v) is 6.12. The van der Waals surface area contributed by atoms with Gasteiger partial charge in [-0.15, -0.1) is 0 Å². The van der Waals surface area contributed by atoms with E-state index in [1.54, 1.807) is 37.4 Å². The number of nitrogens with zero attached hydrogens (tertiary/aromatic N) is 2. The molecule has 0 radical (unpaired) electrons. The molecule has 1 heterocycles. The zero-order valence-corrected chi connectivity index (χ0v) is 20.2. The third-order valence-electron chi connectivity index (χ3n) is 6.12. The molecule has 180 valence electrons. The molecule has 3 aromatic carbocycles. The van der Waals surface area contributed by atoms with Gasteiger partial charge in [-0.3, -0.25) is 9.59 Å². The van der Waals surface area contributed by atoms with Crippen molar-refractivity contribution in [3.63, 3.8) is 0 Å². The molecule has 1 N–H and O–H groups in total. The van der Waals surface area contributed by atoms with Crippen LogP contribution in [0.5, 0.6) is 5.75 Å². The van der Waals surface area contributed by atoms with E-state index in [2.05, 4.69) is 12.2 Å². The van der Waals surface area contributed by atoms with E-state index in [1.807, 2.05) is 49.4 Å². The number of benzene rings is 3. The maximum atomic E-state index is 13.5. The van der Waals surface area contributed by atoms with Crippen molar-refractivity contribution in [2.45, 2.75) is 39.3 Å². The summed E-state index contributed by atoms with van der Waals surface area (Å²) >= 11 is 0. The summed E-state index contributed by atoms with van der Waals surface area (Å²) in [5, 5.41) is 2.85. The van der Waals surface area contributed by atoms with Crippen molar-refractivity contribution in [1.82, 2.24) is 4.90 Å². The van der Waals surface area contributed by atoms with Gasteiger partial charge in [-0.25, -0.2) is 9.69 Å². The smallest absolute Gasteiger partial charge is 0.332 e. The van der Waals surface area contributed by atoms with Crippen LogP contribution in [-0.4, -0.2) is 35.9 Å². The van der Waals surface area contributed by atoms with E-state index >= 15 is 0 Å². The number of imide groups is 1. The standard InChI is InChI=1S/C28H29N3O4/c1-4-20-8-12-22(13-9-20)29-26(32)17-25-27(33)31(23-7-5-6-19(2)16-23)28(34)30(25)18-21-10-14-24(35-3)15-11-21/h5-16,25H,4,17-18H2,1-3H3,(H,29,32). The first-order valence-electron chi connectivity index (χ1n) is 11.6. The van der Waals surface area contributed by atoms with Crippen molar-refractivity contribution in [3.05, 3.63) is 89.5 Å². The zero-order chi connectivity index (χ0) is 24.9. The molecule has 7 heteroatoms. The second-order valence-corrected chi connectivity index (χ2v) is 8.59. The second-order valence-electron chi connectivity index (χ2n) is 8.59. The minimum Gasteiger partial charge on any atom is -0.497 e. The topological polar surface area (TPSA) is 79.0 Å². The Balaban J connectivity index is 1.58. The van der Waals surface area contributed by atoms with Crippen LogP contribution in [0, 0.1) is 6.92 Å². The molecule has 4 amide bonds. The van der Waals surface area contributed by atoms with Crippen LogP contribution < -0.4 is 15.0 Å². The summed E-state index contributed by atoms with van der Waals surface area (Å²) in [5.74, 6) is -0.0409. The summed E-state index contributed by atoms with van der Waals surface area (Å²) in [6.07, 6.45) is 0.764. The van der Waals surface area contributed by atoms with Gasteiger partial charge in [0.05, 0.1) is 19.2 Å². The fourth-order valence-corrected chi connectivity index (χ4v) is 4.16. The van der Waals surface area contributed by atoms with Crippen LogP contribution in [0.3, 0.4) is 0 Å². The lowest BCUT2D eigenvalue weighted by Gasteiger charge is -2.22. The molecule has 0 aliphatic carbocycles. The molecular weight excluding hydrogens is 442 g/mol. The van der Waals surface area contributed by atoms with Crippen molar-refractivity contribution in [2.75, 3.05) is 17.3 Å². The Kier molecular flexibility index (Phi) is 7.15. The monoisotopic (exact) mass is 471 g/mol. The molecule has 0 saturated carbocycles. The van der Waals surface area contributed by atoms with Crippen LogP contribution in [0.25, 0.3) is 0 Å². The van der Waals surface area contributed by atoms with Crippen LogP contribution in [0.1, 0.15) is 30.0 Å². The van der Waals surface area contributed by atoms with Gasteiger partial charge >= 0.3 is 6.03 Å². The van der Waals surface area contributed by atoms with Gasteiger partial charge in [0, 0.05) is 12.2 Å². The van der Waals surface area contributed by atoms with E-state index in [0.717, 1.165) is 17.5 Å². The molecule has 1 atom stereocenters. The minimum absolute atomic E-state index is 0.140. The Labute approximate surface area is 205 Å². The van der Waals surface area contributed by atoms with Crippen LogP contribution >= 0.6 is 0 Å². The van der Waals surface area contributed by atoms with Crippen molar-refractivity contribution in [3.8, 4) is 5.75 Å². The minimum atomic E-state index is -0.917. The van der Waals surface area contributed by atoms with E-state index in [1.165, 1.54) is 15.4 Å². The van der Waals surface area contributed by atoms with Crippen LogP contribution in [0.15, 0.2) is 72.8 Å². The van der Waals surface area contributed by atoms with Crippen molar-refractivity contribution in [1.29, 1.82) is 0 Å². The predicted molar refractivity (Wildman–Crippen MR) is 135 cm³/mol. The maximum absolute atomic E-state index is 13.5. The Hall–Kier alpha value is -4.13. The van der Waals surface area contributed by atoms with Crippen LogP contribution in [0.2, 0.25) is 0 Å². The fraction of sp³-hybridized carbons (Fsp3) is 0.250. The first-order chi connectivity index (χ1) is 16.9. The van der Waals surface area contributed by atoms with Gasteiger partial charge in [-0.05, 0) is 66.4 Å². The van der Waals surface area contributed by atoms with Crippen LogP contribution in [0.4, 0.5) is 16.2 Å². The number of aryl methyl sites for hydroxylation is 2. The Morgan fingerprint density at radius 2 is 1.66 bits per heavy atom. The predicted octanol–water partition coefficient (Wildman–Crippen LogP) is 4.93. The van der Waals surface area contributed by atoms with E-state index in [9.17, 15) is 14.4 Å². The van der Waals surface area contributed by atoms with Crippen LogP contribution in [-0.2, 0) is 22.6 Å². The fourth-order valence-electron chi connectivity index (χ4n) is 4.16. The summed E-state index contributed by atoms with van der Waals surface area (Å²) in [7, 11) is 1.59. The summed E-state index contributed by atoms with van der Waals surface area (Å²) in [5.41, 5.74) is 4.08. The van der Waals surface area contributed by atoms with E-state index < -0.39 is 18.0 Å². The van der Waals surface area contributed by atoms with Crippen molar-refractivity contribution in [2.24, 2.45) is 0 Å². The quantitative estimate of drug-likeness (QED) is 0.473. The molecule has 1 saturated heterocycles. The van der Waals surface area contributed by atoms with E-state index in [0.29, 0.717) is 17.1 Å². The number of nitrogens with one attached hydrogen (secondary N) is 1. The summed E-state index contributed by atoms with van der Waals surface area (Å²) in [4.78, 5) is 42.5. The second kappa shape index (κ2) is 10.4. The zero-order valence-electron chi connectivity index (χ0n) is 20.2. The number of amides is 4. The van der Waals surface area contributed by atoms with E-state index in [-0.39, 0.29) is 18.9 Å². The molecule has 0 bridgehead atoms. The van der Waals surface area contributed by atoms with Crippen molar-refractivity contribution >= 4 is 29.2 Å². The lowest BCUT2D eigenvalue weighted by atomic mass is 10.1. The molecule has 0 aromatic heterocycles. The number of carbonyl (C=O) groups excluding carboxylic acids is 3. The first kappa shape index (κ1) is 24.0. The Bertz CT molecular complexity index is 1220. The summed E-state index contributed by atoms with van der Waals surface area (Å²) < 4.78 is 5.21. The molecule has 0 spiro atoms. The molecule has 1 unspecified atom stereocenters. The number of rotatable bonds is 8. The third kappa shape index (κ3) is 5.35. The maximum Gasteiger partial charge on any atom is 0.332 e. The van der Waals surface area contributed by atoms with Gasteiger partial charge in [-0.1, -0.05) is 43.3 Å². The average molecular weight is 472 g/mol. The molecule has 1 aliphatic rings. The number of methoxy groups -OCH3 is 1. The van der Waals surface area contributed by atoms with Gasteiger partial charge < -0.3 is 15.0 Å². The average Bonchev–Trinajstić information content (AvgIpc) is 3.08. The molecule has 35 heavy (non-hydrogen) atoms. The van der Waals surface area contributed by atoms with Crippen molar-refractivity contribution < 1.29 is 19.1 Å². The molecule has 3 aromatic rings. The lowest BCUT2D eigenvalue weighted by molar-refractivity contribution is -0.124. The Morgan fingerprint density at radius 1 is 0.971 bits per heavy atom. The van der Waals surface area contributed by atoms with Gasteiger partial charge in [0.2, 0.25) is 5.91 Å². The highest BCUT2D eigenvalue weighted by Crippen LogP contribution is 2.29. The molecule has 1 fully saturated rings. The largest absolute Gasteiger partial charge is 0.497 e. The number of ether oxygens (including phenoxy) is 1. The molecular formula is C28H29N3O4. The number of hydrogen-bond acceptors (Lipinski definition) is 4. The summed E-state index contributed by atoms with van der Waals surface area (Å²) in [6.45, 7) is 4.16. The summed E-state index contributed by atoms with van der Waals surface area (Å²) in [6, 6.07) is 20.7. The van der Waals surface area contributed by atoms with E-state index in [4.69, 9.17) is 4.74 Å². The Morgan fingerprint density at radius 3 is 2.29 bits per heavy atom.